The summed E-state index contributed by atoms with van der Waals surface area (Å²) in [5, 5.41) is 2.93. The maximum absolute atomic E-state index is 12.7. The van der Waals surface area contributed by atoms with Gasteiger partial charge in [-0.3, -0.25) is 4.79 Å². The minimum atomic E-state index is -0.548. The van der Waals surface area contributed by atoms with E-state index in [4.69, 9.17) is 4.74 Å². The highest BCUT2D eigenvalue weighted by molar-refractivity contribution is 5.87. The fraction of sp³-hybridized carbons (Fsp3) is 0.926. The number of nitrogens with one attached hydrogen (secondary N) is 1. The molecular weight excluding hydrogens is 386 g/mol. The monoisotopic (exact) mass is 439 g/mol. The molecule has 0 spiro atoms. The van der Waals surface area contributed by atoms with E-state index in [1.165, 1.54) is 90.6 Å². The first kappa shape index (κ1) is 29.9. The van der Waals surface area contributed by atoms with Crippen LogP contribution in [0.4, 0.5) is 0 Å². The van der Waals surface area contributed by atoms with Gasteiger partial charge in [-0.2, -0.15) is 0 Å². The van der Waals surface area contributed by atoms with Crippen LogP contribution in [0.1, 0.15) is 137 Å². The maximum Gasteiger partial charge on any atom is 0.328 e. The Morgan fingerprint density at radius 3 is 1.58 bits per heavy atom. The zero-order chi connectivity index (χ0) is 23.5. The highest BCUT2D eigenvalue weighted by Gasteiger charge is 2.31. The number of amides is 1. The van der Waals surface area contributed by atoms with Gasteiger partial charge in [0.25, 0.3) is 0 Å². The smallest absolute Gasteiger partial charge is 0.328 e. The SMILES string of the molecule is CCCCCCCCCCCCCCCCC(C)(C)C(=O)NC(CC(C)C)C(=O)OC. The Balaban J connectivity index is 3.85. The Bertz CT molecular complexity index is 459. The van der Waals surface area contributed by atoms with E-state index in [9.17, 15) is 9.59 Å². The van der Waals surface area contributed by atoms with Crippen molar-refractivity contribution in [2.24, 2.45) is 11.3 Å². The van der Waals surface area contributed by atoms with Gasteiger partial charge in [0.05, 0.1) is 7.11 Å². The lowest BCUT2D eigenvalue weighted by Crippen LogP contribution is -2.47. The summed E-state index contributed by atoms with van der Waals surface area (Å²) in [6.45, 7) is 10.3. The lowest BCUT2D eigenvalue weighted by Gasteiger charge is -2.27. The van der Waals surface area contributed by atoms with E-state index in [1.54, 1.807) is 0 Å². The number of methoxy groups -OCH3 is 1. The molecule has 0 radical (unpaired) electrons. The summed E-state index contributed by atoms with van der Waals surface area (Å²) in [5.74, 6) is -0.0779. The molecule has 0 rings (SSSR count). The van der Waals surface area contributed by atoms with Crippen LogP contribution in [0.5, 0.6) is 0 Å². The lowest BCUT2D eigenvalue weighted by molar-refractivity contribution is -0.147. The number of carbonyl (C=O) groups excluding carboxylic acids is 2. The van der Waals surface area contributed by atoms with Gasteiger partial charge < -0.3 is 10.1 Å². The van der Waals surface area contributed by atoms with Crippen LogP contribution >= 0.6 is 0 Å². The van der Waals surface area contributed by atoms with Gasteiger partial charge in [-0.15, -0.1) is 0 Å². The molecule has 1 atom stereocenters. The first-order valence-electron chi connectivity index (χ1n) is 13.1. The van der Waals surface area contributed by atoms with Gasteiger partial charge in [-0.05, 0) is 18.8 Å². The van der Waals surface area contributed by atoms with Crippen LogP contribution in [-0.4, -0.2) is 25.0 Å². The largest absolute Gasteiger partial charge is 0.467 e. The van der Waals surface area contributed by atoms with Gasteiger partial charge in [0.15, 0.2) is 0 Å². The molecule has 0 aromatic carbocycles. The molecule has 1 unspecified atom stereocenters. The third-order valence-electron chi connectivity index (χ3n) is 6.27. The molecule has 0 aliphatic rings. The third kappa shape index (κ3) is 16.3. The number of rotatable bonds is 20. The standard InChI is InChI=1S/C27H53NO3/c1-7-8-9-10-11-12-13-14-15-16-17-18-19-20-21-27(4,5)26(30)28-24(22-23(2)3)25(29)31-6/h23-24H,7-22H2,1-6H3,(H,28,30). The Hall–Kier alpha value is -1.06. The van der Waals surface area contributed by atoms with Crippen molar-refractivity contribution >= 4 is 11.9 Å². The summed E-state index contributed by atoms with van der Waals surface area (Å²) in [5.41, 5.74) is -0.458. The maximum atomic E-state index is 12.7. The van der Waals surface area contributed by atoms with E-state index in [0.717, 1.165) is 12.8 Å². The molecule has 0 aromatic heterocycles. The normalized spacial score (nSPS) is 12.7. The van der Waals surface area contributed by atoms with Crippen LogP contribution in [0.3, 0.4) is 0 Å². The van der Waals surface area contributed by atoms with Gasteiger partial charge in [-0.25, -0.2) is 4.79 Å². The lowest BCUT2D eigenvalue weighted by atomic mass is 9.85. The van der Waals surface area contributed by atoms with Crippen LogP contribution < -0.4 is 5.32 Å². The van der Waals surface area contributed by atoms with E-state index < -0.39 is 11.5 Å². The van der Waals surface area contributed by atoms with Crippen LogP contribution in [0.2, 0.25) is 0 Å². The fourth-order valence-corrected chi connectivity index (χ4v) is 4.06. The number of hydrogen-bond acceptors (Lipinski definition) is 3. The molecule has 4 heteroatoms. The fourth-order valence-electron chi connectivity index (χ4n) is 4.06. The molecule has 0 aliphatic heterocycles. The molecule has 1 N–H and O–H groups in total. The zero-order valence-electron chi connectivity index (χ0n) is 21.7. The van der Waals surface area contributed by atoms with Crippen molar-refractivity contribution in [2.75, 3.05) is 7.11 Å². The predicted molar refractivity (Wildman–Crippen MR) is 132 cm³/mol. The number of ether oxygens (including phenoxy) is 1. The van der Waals surface area contributed by atoms with E-state index in [-0.39, 0.29) is 11.9 Å². The second-order valence-electron chi connectivity index (χ2n) is 10.4. The molecule has 0 saturated carbocycles. The summed E-state index contributed by atoms with van der Waals surface area (Å²) in [6, 6.07) is -0.548. The van der Waals surface area contributed by atoms with Crippen molar-refractivity contribution in [3.63, 3.8) is 0 Å². The Morgan fingerprint density at radius 2 is 1.19 bits per heavy atom. The van der Waals surface area contributed by atoms with Crippen LogP contribution in [0, 0.1) is 11.3 Å². The topological polar surface area (TPSA) is 55.4 Å². The summed E-state index contributed by atoms with van der Waals surface area (Å²) >= 11 is 0. The number of unbranched alkanes of at least 4 members (excludes halogenated alkanes) is 13. The summed E-state index contributed by atoms with van der Waals surface area (Å²) in [4.78, 5) is 24.7. The van der Waals surface area contributed by atoms with Gasteiger partial charge in [0.1, 0.15) is 6.04 Å². The average Bonchev–Trinajstić information content (AvgIpc) is 2.72. The van der Waals surface area contributed by atoms with Crippen molar-refractivity contribution in [1.29, 1.82) is 0 Å². The minimum Gasteiger partial charge on any atom is -0.467 e. The van der Waals surface area contributed by atoms with Crippen molar-refractivity contribution in [1.82, 2.24) is 5.32 Å². The Morgan fingerprint density at radius 1 is 0.774 bits per heavy atom. The highest BCUT2D eigenvalue weighted by Crippen LogP contribution is 2.25. The molecule has 0 bridgehead atoms. The van der Waals surface area contributed by atoms with Gasteiger partial charge in [-0.1, -0.05) is 125 Å². The predicted octanol–water partition coefficient (Wildman–Crippen LogP) is 7.59. The second kappa shape index (κ2) is 18.5. The molecule has 0 aromatic rings. The van der Waals surface area contributed by atoms with Crippen molar-refractivity contribution < 1.29 is 14.3 Å². The van der Waals surface area contributed by atoms with Crippen molar-refractivity contribution in [3.05, 3.63) is 0 Å². The van der Waals surface area contributed by atoms with E-state index in [2.05, 4.69) is 12.2 Å². The Kier molecular flexibility index (Phi) is 17.9. The molecule has 31 heavy (non-hydrogen) atoms. The van der Waals surface area contributed by atoms with E-state index >= 15 is 0 Å². The number of hydrogen-bond donors (Lipinski definition) is 1. The molecule has 0 aliphatic carbocycles. The summed E-state index contributed by atoms with van der Waals surface area (Å²) < 4.78 is 4.86. The first-order chi connectivity index (χ1) is 14.7. The van der Waals surface area contributed by atoms with Gasteiger partial charge >= 0.3 is 5.97 Å². The van der Waals surface area contributed by atoms with Crippen molar-refractivity contribution in [2.45, 2.75) is 143 Å². The van der Waals surface area contributed by atoms with Crippen LogP contribution in [0.15, 0.2) is 0 Å². The Labute approximate surface area is 193 Å². The number of carbonyl (C=O) groups is 2. The molecular formula is C27H53NO3. The molecule has 0 fully saturated rings. The van der Waals surface area contributed by atoms with Crippen LogP contribution in [0.25, 0.3) is 0 Å². The molecule has 4 nitrogen and oxygen atoms in total. The highest BCUT2D eigenvalue weighted by atomic mass is 16.5. The zero-order valence-corrected chi connectivity index (χ0v) is 21.7. The molecule has 1 amide bonds. The minimum absolute atomic E-state index is 0.0433. The van der Waals surface area contributed by atoms with E-state index in [0.29, 0.717) is 12.3 Å². The quantitative estimate of drug-likeness (QED) is 0.157. The van der Waals surface area contributed by atoms with Crippen molar-refractivity contribution in [3.8, 4) is 0 Å². The average molecular weight is 440 g/mol. The first-order valence-corrected chi connectivity index (χ1v) is 13.1. The molecule has 184 valence electrons. The third-order valence-corrected chi connectivity index (χ3v) is 6.27. The van der Waals surface area contributed by atoms with E-state index in [1.807, 2.05) is 27.7 Å². The van der Waals surface area contributed by atoms with Gasteiger partial charge in [0.2, 0.25) is 5.91 Å². The summed E-state index contributed by atoms with van der Waals surface area (Å²) in [7, 11) is 1.38. The number of esters is 1. The molecule has 0 saturated heterocycles. The van der Waals surface area contributed by atoms with Crippen LogP contribution in [-0.2, 0) is 14.3 Å². The second-order valence-corrected chi connectivity index (χ2v) is 10.4. The summed E-state index contributed by atoms with van der Waals surface area (Å²) in [6.07, 6.45) is 20.2. The van der Waals surface area contributed by atoms with Gasteiger partial charge in [0, 0.05) is 5.41 Å². The molecule has 0 heterocycles.